The molecule has 0 aliphatic carbocycles. The van der Waals surface area contributed by atoms with Crippen molar-refractivity contribution in [1.29, 1.82) is 0 Å². The Morgan fingerprint density at radius 1 is 1.10 bits per heavy atom. The van der Waals surface area contributed by atoms with Gasteiger partial charge in [-0.2, -0.15) is 4.39 Å². The van der Waals surface area contributed by atoms with Crippen molar-refractivity contribution in [2.45, 2.75) is 31.3 Å². The Labute approximate surface area is 239 Å². The first-order valence-corrected chi connectivity index (χ1v) is 14.0. The molecule has 0 radical (unpaired) electrons. The minimum atomic E-state index is -1.13. The van der Waals surface area contributed by atoms with Crippen LogP contribution in [0.3, 0.4) is 0 Å². The second kappa shape index (κ2) is 11.6. The molecule has 2 aliphatic rings. The van der Waals surface area contributed by atoms with Gasteiger partial charge in [0.05, 0.1) is 5.54 Å². The second-order valence-electron chi connectivity index (χ2n) is 9.95. The van der Waals surface area contributed by atoms with E-state index < -0.39 is 40.3 Å². The molecule has 2 bridgehead atoms. The van der Waals surface area contributed by atoms with Crippen LogP contribution in [0, 0.1) is 18.6 Å². The lowest BCUT2D eigenvalue weighted by molar-refractivity contribution is 0.0276. The number of ether oxygens (including phenoxy) is 3. The highest BCUT2D eigenvalue weighted by Gasteiger charge is 2.46. The van der Waals surface area contributed by atoms with Gasteiger partial charge in [-0.3, -0.25) is 19.3 Å². The summed E-state index contributed by atoms with van der Waals surface area (Å²) in [5, 5.41) is 14.6. The summed E-state index contributed by atoms with van der Waals surface area (Å²) in [6.07, 6.45) is 5.53. The Bertz CT molecular complexity index is 1530. The van der Waals surface area contributed by atoms with Crippen molar-refractivity contribution < 1.29 is 32.9 Å². The fourth-order valence-electron chi connectivity index (χ4n) is 5.57. The highest BCUT2D eigenvalue weighted by Crippen LogP contribution is 2.42. The number of aryl methyl sites for hydroxylation is 1. The number of fused-ring (bicyclic) bond motifs is 5. The molecule has 2 aliphatic heterocycles. The molecule has 218 valence electrons. The third-order valence-corrected chi connectivity index (χ3v) is 8.56. The molecule has 0 saturated carbocycles. The van der Waals surface area contributed by atoms with Gasteiger partial charge in [0.2, 0.25) is 11.2 Å². The van der Waals surface area contributed by atoms with Gasteiger partial charge in [0.15, 0.2) is 23.0 Å². The molecule has 12 heteroatoms. The average molecular weight is 588 g/mol. The summed E-state index contributed by atoms with van der Waals surface area (Å²) >= 11 is 1.48. The lowest BCUT2D eigenvalue weighted by atomic mass is 9.88. The number of amides is 1. The predicted molar refractivity (Wildman–Crippen MR) is 149 cm³/mol. The highest BCUT2D eigenvalue weighted by atomic mass is 32.1. The fourth-order valence-corrected chi connectivity index (χ4v) is 6.30. The molecule has 0 fully saturated rings. The van der Waals surface area contributed by atoms with Gasteiger partial charge in [-0.15, -0.1) is 11.3 Å². The molecule has 1 unspecified atom stereocenters. The van der Waals surface area contributed by atoms with Crippen molar-refractivity contribution in [3.8, 4) is 11.5 Å². The molecular weight excluding hydrogens is 556 g/mol. The zero-order chi connectivity index (χ0) is 29.3. The van der Waals surface area contributed by atoms with E-state index >= 15 is 4.39 Å². The fraction of sp³-hybridized carbons (Fsp3) is 0.379. The van der Waals surface area contributed by atoms with Crippen LogP contribution in [0.5, 0.6) is 11.5 Å². The second-order valence-corrected chi connectivity index (χ2v) is 11.1. The summed E-state index contributed by atoms with van der Waals surface area (Å²) in [7, 11) is 3.10. The number of rotatable bonds is 7. The van der Waals surface area contributed by atoms with Crippen molar-refractivity contribution in [3.63, 3.8) is 0 Å². The van der Waals surface area contributed by atoms with E-state index in [9.17, 15) is 19.1 Å². The number of hydrogen-bond donors (Lipinski definition) is 1. The summed E-state index contributed by atoms with van der Waals surface area (Å²) in [5.41, 5.74) is -0.887. The van der Waals surface area contributed by atoms with Crippen LogP contribution in [-0.4, -0.2) is 66.8 Å². The average Bonchev–Trinajstić information content (AvgIpc) is 3.38. The number of pyridine rings is 1. The molecule has 5 rings (SSSR count). The maximum atomic E-state index is 15.4. The van der Waals surface area contributed by atoms with E-state index in [2.05, 4.69) is 0 Å². The van der Waals surface area contributed by atoms with Crippen LogP contribution in [-0.2, 0) is 9.47 Å². The van der Waals surface area contributed by atoms with Gasteiger partial charge in [0.1, 0.15) is 19.3 Å². The molecule has 1 amide bonds. The van der Waals surface area contributed by atoms with E-state index in [1.165, 1.54) is 28.3 Å². The van der Waals surface area contributed by atoms with E-state index in [4.69, 9.17) is 14.2 Å². The monoisotopic (exact) mass is 587 g/mol. The number of halogens is 2. The van der Waals surface area contributed by atoms with Gasteiger partial charge < -0.3 is 24.2 Å². The van der Waals surface area contributed by atoms with Crippen LogP contribution in [0.4, 0.5) is 8.78 Å². The van der Waals surface area contributed by atoms with Gasteiger partial charge in [0.25, 0.3) is 5.91 Å². The summed E-state index contributed by atoms with van der Waals surface area (Å²) < 4.78 is 48.1. The molecule has 0 spiro atoms. The Morgan fingerprint density at radius 2 is 1.83 bits per heavy atom. The van der Waals surface area contributed by atoms with E-state index in [0.717, 1.165) is 22.6 Å². The van der Waals surface area contributed by atoms with Crippen molar-refractivity contribution >= 4 is 17.2 Å². The molecule has 3 aromatic rings. The number of nitrogens with zero attached hydrogens (tertiary/aromatic N) is 3. The third-order valence-electron chi connectivity index (χ3n) is 7.70. The number of carbonyl (C=O) groups excluding carboxylic acids is 1. The van der Waals surface area contributed by atoms with E-state index in [1.54, 1.807) is 36.3 Å². The quantitative estimate of drug-likeness (QED) is 0.416. The van der Waals surface area contributed by atoms with Gasteiger partial charge in [-0.05, 0) is 55.0 Å². The predicted octanol–water partition coefficient (Wildman–Crippen LogP) is 4.10. The van der Waals surface area contributed by atoms with Gasteiger partial charge >= 0.3 is 0 Å². The van der Waals surface area contributed by atoms with Gasteiger partial charge in [-0.25, -0.2) is 4.39 Å². The Balaban J connectivity index is 1.85. The summed E-state index contributed by atoms with van der Waals surface area (Å²) in [6, 6.07) is 4.74. The third kappa shape index (κ3) is 5.00. The standard InChI is InChI=1S/C29H31F2N3O6S/c1-18-19(8-16-41-18)24-20-5-6-21(30)23(31)27(20)40-13-4-9-29(10-14-38-2,11-15-39-3)32-17-34(24)33-12-7-22(35)26(36)25(33)28(32)37/h4-9,12,16,24,36H,10-11,13-15,17H2,1-3H3/b9-4+. The van der Waals surface area contributed by atoms with Crippen molar-refractivity contribution in [3.05, 3.63) is 91.6 Å². The molecule has 1 aromatic carbocycles. The first-order chi connectivity index (χ1) is 19.7. The summed E-state index contributed by atoms with van der Waals surface area (Å²) in [4.78, 5) is 29.3. The lowest BCUT2D eigenvalue weighted by Crippen LogP contribution is -2.63. The molecule has 4 heterocycles. The number of benzene rings is 1. The highest BCUT2D eigenvalue weighted by molar-refractivity contribution is 7.10. The van der Waals surface area contributed by atoms with Crippen LogP contribution in [0.25, 0.3) is 0 Å². The number of hydrogen-bond acceptors (Lipinski definition) is 8. The zero-order valence-corrected chi connectivity index (χ0v) is 23.7. The van der Waals surface area contributed by atoms with Crippen LogP contribution in [0.2, 0.25) is 0 Å². The number of methoxy groups -OCH3 is 2. The van der Waals surface area contributed by atoms with Crippen molar-refractivity contribution in [1.82, 2.24) is 9.58 Å². The largest absolute Gasteiger partial charge is 0.502 e. The molecule has 1 atom stereocenters. The molecule has 9 nitrogen and oxygen atoms in total. The summed E-state index contributed by atoms with van der Waals surface area (Å²) in [5.74, 6) is -3.73. The Kier molecular flexibility index (Phi) is 8.16. The van der Waals surface area contributed by atoms with E-state index in [1.807, 2.05) is 18.4 Å². The molecule has 41 heavy (non-hydrogen) atoms. The topological polar surface area (TPSA) is 93.5 Å². The van der Waals surface area contributed by atoms with E-state index in [0.29, 0.717) is 18.4 Å². The number of thiophene rings is 1. The van der Waals surface area contributed by atoms with E-state index in [-0.39, 0.29) is 37.9 Å². The van der Waals surface area contributed by atoms with Crippen LogP contribution < -0.4 is 15.2 Å². The lowest BCUT2D eigenvalue weighted by Gasteiger charge is -2.50. The van der Waals surface area contributed by atoms with Crippen LogP contribution >= 0.6 is 11.3 Å². The molecule has 1 N–H and O–H groups in total. The number of aromatic nitrogens is 1. The minimum absolute atomic E-state index is 0.0374. The van der Waals surface area contributed by atoms with Crippen LogP contribution in [0.15, 0.2) is 52.8 Å². The SMILES string of the molecule is COCCC1(CCOC)/C=C/COc2c(ccc(F)c2F)C(c2ccsc2C)N2CN1C(=O)c1c(O)c(=O)ccn12. The Morgan fingerprint density at radius 3 is 2.49 bits per heavy atom. The van der Waals surface area contributed by atoms with Crippen molar-refractivity contribution in [2.24, 2.45) is 0 Å². The van der Waals surface area contributed by atoms with Crippen LogP contribution in [0.1, 0.15) is 45.4 Å². The maximum absolute atomic E-state index is 15.4. The molecule has 0 saturated heterocycles. The maximum Gasteiger partial charge on any atom is 0.278 e. The zero-order valence-electron chi connectivity index (χ0n) is 22.9. The first-order valence-electron chi connectivity index (χ1n) is 13.1. The molecule has 2 aromatic heterocycles. The normalized spacial score (nSPS) is 18.8. The van der Waals surface area contributed by atoms with Crippen molar-refractivity contribution in [2.75, 3.05) is 45.7 Å². The molecular formula is C29H31F2N3O6S. The first kappa shape index (κ1) is 28.8. The number of aromatic hydroxyl groups is 1. The smallest absolute Gasteiger partial charge is 0.278 e. The Hall–Kier alpha value is -3.74. The van der Waals surface area contributed by atoms with Gasteiger partial charge in [-0.1, -0.05) is 6.08 Å². The van der Waals surface area contributed by atoms with Gasteiger partial charge in [0, 0.05) is 50.1 Å². The summed E-state index contributed by atoms with van der Waals surface area (Å²) in [6.45, 7) is 2.32. The number of carbonyl (C=O) groups is 1. The minimum Gasteiger partial charge on any atom is -0.502 e.